The SMILES string of the molecule is CCCCCCCCCCCCCC1=C(O)C(=O)C(C2=C(O)C(=O)C(CCCCCCCCCCC)=C(O)C2=O)=C(O)C1=O. The molecule has 0 saturated carbocycles. The lowest BCUT2D eigenvalue weighted by atomic mass is 9.81. The molecule has 2 aliphatic rings. The lowest BCUT2D eigenvalue weighted by Crippen LogP contribution is -2.32. The van der Waals surface area contributed by atoms with E-state index in [9.17, 15) is 39.6 Å². The predicted octanol–water partition coefficient (Wildman–Crippen LogP) is 9.16. The van der Waals surface area contributed by atoms with Gasteiger partial charge in [-0.05, 0) is 25.7 Å². The Morgan fingerprint density at radius 2 is 0.591 bits per heavy atom. The Kier molecular flexibility index (Phi) is 16.8. The van der Waals surface area contributed by atoms with Gasteiger partial charge >= 0.3 is 0 Å². The maximum absolute atomic E-state index is 13.0. The van der Waals surface area contributed by atoms with Crippen LogP contribution in [0.5, 0.6) is 0 Å². The molecule has 0 amide bonds. The van der Waals surface area contributed by atoms with Gasteiger partial charge in [0.15, 0.2) is 23.0 Å². The van der Waals surface area contributed by atoms with Crippen molar-refractivity contribution in [2.24, 2.45) is 0 Å². The molecule has 2 aliphatic carbocycles. The van der Waals surface area contributed by atoms with Gasteiger partial charge in [0.2, 0.25) is 23.1 Å². The van der Waals surface area contributed by atoms with Gasteiger partial charge in [0, 0.05) is 11.1 Å². The first-order valence-corrected chi connectivity index (χ1v) is 17.1. The summed E-state index contributed by atoms with van der Waals surface area (Å²) in [5.74, 6) is -8.62. The third-order valence-electron chi connectivity index (χ3n) is 8.72. The number of Topliss-reactive ketones (excluding diaryl/α,β-unsaturated/α-hetero) is 4. The van der Waals surface area contributed by atoms with Crippen LogP contribution in [0.1, 0.15) is 155 Å². The van der Waals surface area contributed by atoms with Crippen LogP contribution in [0.25, 0.3) is 0 Å². The number of hydrogen-bond donors (Lipinski definition) is 4. The molecule has 0 unspecified atom stereocenters. The average molecular weight is 615 g/mol. The Morgan fingerprint density at radius 1 is 0.341 bits per heavy atom. The highest BCUT2D eigenvalue weighted by Gasteiger charge is 2.44. The lowest BCUT2D eigenvalue weighted by molar-refractivity contribution is -0.122. The highest BCUT2D eigenvalue weighted by atomic mass is 16.3. The van der Waals surface area contributed by atoms with Gasteiger partial charge in [-0.3, -0.25) is 19.2 Å². The number of aliphatic hydroxyl groups is 4. The van der Waals surface area contributed by atoms with Crippen molar-refractivity contribution < 1.29 is 39.6 Å². The second kappa shape index (κ2) is 20.0. The molecule has 0 spiro atoms. The number of rotatable bonds is 23. The third-order valence-corrected chi connectivity index (χ3v) is 8.72. The summed E-state index contributed by atoms with van der Waals surface area (Å²) in [4.78, 5) is 51.9. The van der Waals surface area contributed by atoms with Crippen molar-refractivity contribution in [1.82, 2.24) is 0 Å². The molecule has 2 rings (SSSR count). The molecule has 0 atom stereocenters. The Balaban J connectivity index is 1.93. The molecular formula is C36H54O8. The molecule has 246 valence electrons. The van der Waals surface area contributed by atoms with E-state index in [0.717, 1.165) is 51.4 Å². The summed E-state index contributed by atoms with van der Waals surface area (Å²) < 4.78 is 0. The van der Waals surface area contributed by atoms with Crippen LogP contribution in [0.3, 0.4) is 0 Å². The third kappa shape index (κ3) is 10.5. The summed E-state index contributed by atoms with van der Waals surface area (Å²) in [6, 6.07) is 0. The summed E-state index contributed by atoms with van der Waals surface area (Å²) >= 11 is 0. The number of carbonyl (C=O) groups is 4. The summed E-state index contributed by atoms with van der Waals surface area (Å²) in [5.41, 5.74) is -2.43. The highest BCUT2D eigenvalue weighted by Crippen LogP contribution is 2.36. The van der Waals surface area contributed by atoms with Crippen molar-refractivity contribution in [2.75, 3.05) is 0 Å². The minimum Gasteiger partial charge on any atom is -0.504 e. The highest BCUT2D eigenvalue weighted by molar-refractivity contribution is 6.33. The van der Waals surface area contributed by atoms with Gasteiger partial charge in [0.25, 0.3) is 0 Å². The number of hydrogen-bond acceptors (Lipinski definition) is 8. The van der Waals surface area contributed by atoms with E-state index in [1.54, 1.807) is 0 Å². The largest absolute Gasteiger partial charge is 0.504 e. The zero-order valence-corrected chi connectivity index (χ0v) is 27.0. The van der Waals surface area contributed by atoms with E-state index in [1.165, 1.54) is 64.2 Å². The molecule has 8 nitrogen and oxygen atoms in total. The number of carbonyl (C=O) groups excluding carboxylic acids is 4. The monoisotopic (exact) mass is 614 g/mol. The van der Waals surface area contributed by atoms with E-state index in [4.69, 9.17) is 0 Å². The molecule has 44 heavy (non-hydrogen) atoms. The van der Waals surface area contributed by atoms with E-state index >= 15 is 0 Å². The first kappa shape index (κ1) is 37.0. The molecule has 0 saturated heterocycles. The van der Waals surface area contributed by atoms with Crippen LogP contribution in [0.2, 0.25) is 0 Å². The van der Waals surface area contributed by atoms with E-state index < -0.39 is 57.3 Å². The number of allylic oxidation sites excluding steroid dienone is 4. The number of ketones is 4. The van der Waals surface area contributed by atoms with Crippen LogP contribution in [-0.2, 0) is 19.2 Å². The molecule has 0 bridgehead atoms. The Labute approximate surface area is 263 Å². The maximum Gasteiger partial charge on any atom is 0.232 e. The van der Waals surface area contributed by atoms with Crippen LogP contribution in [0, 0.1) is 0 Å². The van der Waals surface area contributed by atoms with Crippen LogP contribution in [-0.4, -0.2) is 43.6 Å². The smallest absolute Gasteiger partial charge is 0.232 e. The molecule has 0 aromatic rings. The maximum atomic E-state index is 13.0. The van der Waals surface area contributed by atoms with Crippen LogP contribution in [0.15, 0.2) is 45.3 Å². The molecule has 0 heterocycles. The topological polar surface area (TPSA) is 149 Å². The number of aliphatic hydroxyl groups excluding tert-OH is 4. The Hall–Kier alpha value is -3.16. The summed E-state index contributed by atoms with van der Waals surface area (Å²) in [6.07, 6.45) is 21.3. The van der Waals surface area contributed by atoms with Gasteiger partial charge in [-0.1, -0.05) is 129 Å². The van der Waals surface area contributed by atoms with E-state index in [1.807, 2.05) is 0 Å². The van der Waals surface area contributed by atoms with Crippen molar-refractivity contribution in [2.45, 2.75) is 155 Å². The zero-order chi connectivity index (χ0) is 32.5. The molecule has 8 heteroatoms. The minimum atomic E-state index is -1.24. The molecule has 0 aromatic heterocycles. The van der Waals surface area contributed by atoms with Crippen LogP contribution < -0.4 is 0 Å². The summed E-state index contributed by atoms with van der Waals surface area (Å²) in [6.45, 7) is 4.37. The minimum absolute atomic E-state index is 0.0652. The van der Waals surface area contributed by atoms with Gasteiger partial charge in [-0.15, -0.1) is 0 Å². The fourth-order valence-electron chi connectivity index (χ4n) is 5.96. The number of unbranched alkanes of at least 4 members (excludes halogenated alkanes) is 18. The first-order valence-electron chi connectivity index (χ1n) is 17.1. The van der Waals surface area contributed by atoms with Crippen molar-refractivity contribution in [1.29, 1.82) is 0 Å². The lowest BCUT2D eigenvalue weighted by Gasteiger charge is -2.22. The second-order valence-electron chi connectivity index (χ2n) is 12.3. The van der Waals surface area contributed by atoms with Crippen molar-refractivity contribution in [3.05, 3.63) is 45.3 Å². The van der Waals surface area contributed by atoms with Gasteiger partial charge in [0.05, 0.1) is 11.1 Å². The molecule has 4 N–H and O–H groups in total. The molecule has 0 aliphatic heterocycles. The van der Waals surface area contributed by atoms with Crippen molar-refractivity contribution >= 4 is 23.1 Å². The zero-order valence-electron chi connectivity index (χ0n) is 27.0. The first-order chi connectivity index (χ1) is 21.2. The van der Waals surface area contributed by atoms with Crippen LogP contribution >= 0.6 is 0 Å². The second-order valence-corrected chi connectivity index (χ2v) is 12.3. The van der Waals surface area contributed by atoms with E-state index in [2.05, 4.69) is 13.8 Å². The van der Waals surface area contributed by atoms with Gasteiger partial charge in [-0.2, -0.15) is 0 Å². The normalized spacial score (nSPS) is 16.3. The molecule has 0 fully saturated rings. The van der Waals surface area contributed by atoms with Crippen molar-refractivity contribution in [3.63, 3.8) is 0 Å². The summed E-state index contributed by atoms with van der Waals surface area (Å²) in [7, 11) is 0. The fraction of sp³-hybridized carbons (Fsp3) is 0.667. The van der Waals surface area contributed by atoms with E-state index in [-0.39, 0.29) is 24.0 Å². The standard InChI is InChI=1S/C36H54O8/c1-3-5-7-9-11-13-14-16-18-20-22-24-26-31(39)35(43)28(36(44)32(26)40)27-33(41)29(37)25(30(38)34(27)42)23-21-19-17-15-12-10-8-6-4-2/h37,39,42,44H,3-24H2,1-2H3. The predicted molar refractivity (Wildman–Crippen MR) is 172 cm³/mol. The molecular weight excluding hydrogens is 560 g/mol. The van der Waals surface area contributed by atoms with Gasteiger partial charge < -0.3 is 20.4 Å². The Bertz CT molecular complexity index is 1150. The van der Waals surface area contributed by atoms with Gasteiger partial charge in [0.1, 0.15) is 0 Å². The molecule has 0 aromatic carbocycles. The fourth-order valence-corrected chi connectivity index (χ4v) is 5.96. The average Bonchev–Trinajstić information content (AvgIpc) is 3.01. The van der Waals surface area contributed by atoms with E-state index in [0.29, 0.717) is 12.8 Å². The Morgan fingerprint density at radius 3 is 0.864 bits per heavy atom. The van der Waals surface area contributed by atoms with Crippen LogP contribution in [0.4, 0.5) is 0 Å². The summed E-state index contributed by atoms with van der Waals surface area (Å²) in [5, 5.41) is 42.4. The molecule has 0 radical (unpaired) electrons. The van der Waals surface area contributed by atoms with Crippen molar-refractivity contribution in [3.8, 4) is 0 Å². The quantitative estimate of drug-likeness (QED) is 0.0657. The van der Waals surface area contributed by atoms with Gasteiger partial charge in [-0.25, -0.2) is 0 Å².